The average Bonchev–Trinajstić information content (AvgIpc) is 3.35. The predicted molar refractivity (Wildman–Crippen MR) is 123 cm³/mol. The molecule has 0 fully saturated rings. The van der Waals surface area contributed by atoms with Gasteiger partial charge in [-0.2, -0.15) is 0 Å². The Kier molecular flexibility index (Phi) is 6.25. The van der Waals surface area contributed by atoms with Crippen LogP contribution in [0.3, 0.4) is 0 Å². The lowest BCUT2D eigenvalue weighted by molar-refractivity contribution is -0.144. The highest BCUT2D eigenvalue weighted by molar-refractivity contribution is 7.15. The number of benzene rings is 2. The number of fused-ring (bicyclic) bond motifs is 1. The van der Waals surface area contributed by atoms with E-state index in [1.54, 1.807) is 25.6 Å². The van der Waals surface area contributed by atoms with E-state index in [2.05, 4.69) is 4.98 Å². The normalized spacial score (nSPS) is 11.1. The molecule has 0 bridgehead atoms. The van der Waals surface area contributed by atoms with Gasteiger partial charge >= 0.3 is 5.97 Å². The third-order valence-corrected chi connectivity index (χ3v) is 6.37. The standard InChI is InChI=1S/C23H22ClN3O3S/c1-4-17-21(31-23(26-17)16-7-6-15(24)10-20(16)29-3)11-22(28)30-12-14-5-8-19-18(9-14)25-13-27(19)2/h5-10,13H,4,11-12H2,1-3H3. The Morgan fingerprint density at radius 3 is 2.84 bits per heavy atom. The molecule has 0 unspecified atom stereocenters. The molecule has 0 atom stereocenters. The molecule has 0 aliphatic heterocycles. The molecule has 0 saturated carbocycles. The van der Waals surface area contributed by atoms with Gasteiger partial charge in [0.05, 0.1) is 42.1 Å². The van der Waals surface area contributed by atoms with Gasteiger partial charge in [-0.3, -0.25) is 4.79 Å². The minimum atomic E-state index is -0.283. The van der Waals surface area contributed by atoms with Crippen LogP contribution in [-0.2, 0) is 36.0 Å². The minimum absolute atomic E-state index is 0.183. The summed E-state index contributed by atoms with van der Waals surface area (Å²) in [6.07, 6.45) is 2.68. The molecular formula is C23H22ClN3O3S. The van der Waals surface area contributed by atoms with Crippen molar-refractivity contribution in [1.82, 2.24) is 14.5 Å². The number of hydrogen-bond acceptors (Lipinski definition) is 6. The fourth-order valence-corrected chi connectivity index (χ4v) is 4.70. The molecule has 0 aliphatic carbocycles. The number of esters is 1. The molecule has 6 nitrogen and oxygen atoms in total. The summed E-state index contributed by atoms with van der Waals surface area (Å²) < 4.78 is 12.9. The molecule has 4 aromatic rings. The fourth-order valence-electron chi connectivity index (χ4n) is 3.37. The number of hydrogen-bond donors (Lipinski definition) is 0. The lowest BCUT2D eigenvalue weighted by Crippen LogP contribution is -2.08. The first-order valence-electron chi connectivity index (χ1n) is 9.86. The highest BCUT2D eigenvalue weighted by Crippen LogP contribution is 2.36. The van der Waals surface area contributed by atoms with Crippen LogP contribution >= 0.6 is 22.9 Å². The third-order valence-electron chi connectivity index (χ3n) is 5.00. The second-order valence-electron chi connectivity index (χ2n) is 7.10. The summed E-state index contributed by atoms with van der Waals surface area (Å²) in [7, 11) is 3.55. The average molecular weight is 456 g/mol. The summed E-state index contributed by atoms with van der Waals surface area (Å²) in [5, 5.41) is 1.40. The van der Waals surface area contributed by atoms with E-state index in [9.17, 15) is 4.79 Å². The fraction of sp³-hybridized carbons (Fsp3) is 0.261. The van der Waals surface area contributed by atoms with Crippen molar-refractivity contribution in [3.8, 4) is 16.3 Å². The molecule has 4 rings (SSSR count). The number of rotatable bonds is 7. The molecule has 0 amide bonds. The molecule has 8 heteroatoms. The van der Waals surface area contributed by atoms with Crippen molar-refractivity contribution in [3.05, 3.63) is 63.9 Å². The molecule has 0 N–H and O–H groups in total. The van der Waals surface area contributed by atoms with E-state index in [1.807, 2.05) is 42.8 Å². The molecular weight excluding hydrogens is 434 g/mol. The van der Waals surface area contributed by atoms with Crippen LogP contribution in [0.1, 0.15) is 23.1 Å². The smallest absolute Gasteiger partial charge is 0.311 e. The Labute approximate surface area is 189 Å². The monoisotopic (exact) mass is 455 g/mol. The van der Waals surface area contributed by atoms with E-state index in [0.29, 0.717) is 10.8 Å². The Balaban J connectivity index is 1.47. The first-order valence-corrected chi connectivity index (χ1v) is 11.1. The summed E-state index contributed by atoms with van der Waals surface area (Å²) in [5.41, 5.74) is 4.58. The summed E-state index contributed by atoms with van der Waals surface area (Å²) >= 11 is 7.55. The number of aryl methyl sites for hydroxylation is 2. The van der Waals surface area contributed by atoms with E-state index < -0.39 is 0 Å². The van der Waals surface area contributed by atoms with Crippen LogP contribution in [0.5, 0.6) is 5.75 Å². The topological polar surface area (TPSA) is 66.2 Å². The molecule has 0 aliphatic rings. The molecule has 2 aromatic carbocycles. The van der Waals surface area contributed by atoms with Gasteiger partial charge < -0.3 is 14.0 Å². The highest BCUT2D eigenvalue weighted by atomic mass is 35.5. The van der Waals surface area contributed by atoms with Gasteiger partial charge in [0.2, 0.25) is 0 Å². The van der Waals surface area contributed by atoms with Gasteiger partial charge in [-0.05, 0) is 42.3 Å². The maximum Gasteiger partial charge on any atom is 0.311 e. The SMILES string of the molecule is CCc1nc(-c2ccc(Cl)cc2OC)sc1CC(=O)OCc1ccc2c(c1)ncn2C. The molecule has 0 saturated heterocycles. The van der Waals surface area contributed by atoms with Crippen LogP contribution in [0, 0.1) is 0 Å². The first kappa shape index (κ1) is 21.3. The Hall–Kier alpha value is -2.90. The molecule has 0 spiro atoms. The number of methoxy groups -OCH3 is 1. The zero-order valence-electron chi connectivity index (χ0n) is 17.5. The van der Waals surface area contributed by atoms with Gasteiger partial charge in [0.15, 0.2) is 0 Å². The van der Waals surface area contributed by atoms with Crippen molar-refractivity contribution in [1.29, 1.82) is 0 Å². The zero-order valence-corrected chi connectivity index (χ0v) is 19.1. The molecule has 160 valence electrons. The third kappa shape index (κ3) is 4.57. The lowest BCUT2D eigenvalue weighted by Gasteiger charge is -2.06. The van der Waals surface area contributed by atoms with Crippen molar-refractivity contribution >= 4 is 39.9 Å². The number of ether oxygens (including phenoxy) is 2. The maximum atomic E-state index is 12.5. The second-order valence-corrected chi connectivity index (χ2v) is 8.62. The van der Waals surface area contributed by atoms with Gasteiger partial charge in [-0.15, -0.1) is 11.3 Å². The van der Waals surface area contributed by atoms with Gasteiger partial charge in [-0.1, -0.05) is 24.6 Å². The number of thiazole rings is 1. The molecule has 2 aromatic heterocycles. The summed E-state index contributed by atoms with van der Waals surface area (Å²) in [6, 6.07) is 11.3. The summed E-state index contributed by atoms with van der Waals surface area (Å²) in [6.45, 7) is 2.23. The number of halogens is 1. The van der Waals surface area contributed by atoms with Crippen molar-refractivity contribution in [3.63, 3.8) is 0 Å². The van der Waals surface area contributed by atoms with Gasteiger partial charge in [0, 0.05) is 16.9 Å². The van der Waals surface area contributed by atoms with Crippen LogP contribution in [-0.4, -0.2) is 27.6 Å². The highest BCUT2D eigenvalue weighted by Gasteiger charge is 2.18. The van der Waals surface area contributed by atoms with Crippen LogP contribution in [0.25, 0.3) is 21.6 Å². The zero-order chi connectivity index (χ0) is 22.0. The van der Waals surface area contributed by atoms with Crippen molar-refractivity contribution in [2.24, 2.45) is 7.05 Å². The predicted octanol–water partition coefficient (Wildman–Crippen LogP) is 5.21. The number of aromatic nitrogens is 3. The number of carbonyl (C=O) groups excluding carboxylic acids is 1. The lowest BCUT2D eigenvalue weighted by atomic mass is 10.2. The van der Waals surface area contributed by atoms with Crippen molar-refractivity contribution in [2.45, 2.75) is 26.4 Å². The number of carbonyl (C=O) groups is 1. The van der Waals surface area contributed by atoms with Crippen LogP contribution in [0.15, 0.2) is 42.7 Å². The van der Waals surface area contributed by atoms with E-state index in [0.717, 1.165) is 44.2 Å². The van der Waals surface area contributed by atoms with E-state index in [1.165, 1.54) is 11.3 Å². The van der Waals surface area contributed by atoms with Crippen LogP contribution < -0.4 is 4.74 Å². The molecule has 0 radical (unpaired) electrons. The van der Waals surface area contributed by atoms with E-state index in [4.69, 9.17) is 26.1 Å². The van der Waals surface area contributed by atoms with Crippen molar-refractivity contribution < 1.29 is 14.3 Å². The number of nitrogens with zero attached hydrogens (tertiary/aromatic N) is 3. The maximum absolute atomic E-state index is 12.5. The quantitative estimate of drug-likeness (QED) is 0.358. The van der Waals surface area contributed by atoms with E-state index in [-0.39, 0.29) is 19.0 Å². The number of imidazole rings is 1. The van der Waals surface area contributed by atoms with Gasteiger partial charge in [-0.25, -0.2) is 9.97 Å². The molecule has 31 heavy (non-hydrogen) atoms. The van der Waals surface area contributed by atoms with E-state index >= 15 is 0 Å². The Morgan fingerprint density at radius 1 is 1.23 bits per heavy atom. The van der Waals surface area contributed by atoms with Crippen LogP contribution in [0.4, 0.5) is 0 Å². The van der Waals surface area contributed by atoms with Gasteiger partial charge in [0.1, 0.15) is 17.4 Å². The minimum Gasteiger partial charge on any atom is -0.496 e. The largest absolute Gasteiger partial charge is 0.496 e. The molecule has 2 heterocycles. The summed E-state index contributed by atoms with van der Waals surface area (Å²) in [4.78, 5) is 22.5. The second kappa shape index (κ2) is 9.08. The summed E-state index contributed by atoms with van der Waals surface area (Å²) in [5.74, 6) is 0.372. The van der Waals surface area contributed by atoms with Crippen LogP contribution in [0.2, 0.25) is 5.02 Å². The van der Waals surface area contributed by atoms with Crippen molar-refractivity contribution in [2.75, 3.05) is 7.11 Å². The first-order chi connectivity index (χ1) is 15.0. The van der Waals surface area contributed by atoms with Gasteiger partial charge in [0.25, 0.3) is 0 Å². The Morgan fingerprint density at radius 2 is 2.06 bits per heavy atom. The Bertz CT molecular complexity index is 1250.